The van der Waals surface area contributed by atoms with Crippen LogP contribution in [0.25, 0.3) is 122 Å². The Morgan fingerprint density at radius 3 is 1.48 bits per heavy atom. The molecule has 0 unspecified atom stereocenters. The van der Waals surface area contributed by atoms with Gasteiger partial charge in [-0.3, -0.25) is 37.3 Å². The molecule has 25 heteroatoms. The van der Waals surface area contributed by atoms with Gasteiger partial charge in [0.05, 0.1) is 17.0 Å². The molecule has 2 aliphatic rings. The van der Waals surface area contributed by atoms with E-state index < -0.39 is 23.3 Å². The summed E-state index contributed by atoms with van der Waals surface area (Å²) in [6.07, 6.45) is 11.1. The first-order valence-corrected chi connectivity index (χ1v) is 39.0. The number of ketones is 1. The number of halogens is 5. The van der Waals surface area contributed by atoms with Gasteiger partial charge >= 0.3 is 0 Å². The summed E-state index contributed by atoms with van der Waals surface area (Å²) in [5, 5.41) is 39.2. The summed E-state index contributed by atoms with van der Waals surface area (Å²) in [5.74, 6) is -2.82. The minimum atomic E-state index is -0.649. The van der Waals surface area contributed by atoms with Crippen molar-refractivity contribution in [3.8, 4) is 78.8 Å². The number of fused-ring (bicyclic) bond motifs is 6. The van der Waals surface area contributed by atoms with Gasteiger partial charge in [0, 0.05) is 201 Å². The summed E-state index contributed by atoms with van der Waals surface area (Å²) in [6.45, 7) is 13.3. The van der Waals surface area contributed by atoms with Crippen LogP contribution >= 0.6 is 0 Å². The standard InChI is InChI=1S/C21H14N.C19H12N.C18H13FN.C12H14N3.2C11H6F2N.C6H5N5.C5H8O2.5Ir/c1-3-9-16(10-4-1)20-15-22-21(17-11-5-2-6-12-17)19-14-8-7-13-18(19)20;1-2-8-14(9-3-1)19-17-12-5-4-10-15(17)16-11-6-7-13-18(16)20-19;1-18(2)13-7-3-5-11-9-10-20-17(15(11)13)12-6-4-8-14(19)16(12)18;1-12(2,3)11-8-10(14-15-11)9-6-4-5-7-13-9;2*12-8-4-5-9(10(13)7-8)11-3-1-2-6-14-11;1-2-4-7-5(3-1)6-8-10-11-9-6;1-4(6)3-5(2)7;;;;;/h1-11,13-15H;1-8,10-13H;3-5,7-10H,1-2H3;4-8H,1-3H3;2*1-4,6-7H;1-4,6H;3,6H,1-2H3;;;;;/q6*-1;;;;;;;. The minimum absolute atomic E-state index is 0. The molecule has 0 amide bonds. The topological polar surface area (TPSA) is 204 Å². The number of hydrogen-bond acceptors (Lipinski definition) is 14. The zero-order valence-corrected chi connectivity index (χ0v) is 81.5. The van der Waals surface area contributed by atoms with E-state index in [1.165, 1.54) is 53.1 Å². The Balaban J connectivity index is 0.000000183. The number of rotatable bonds is 8. The number of aliphatic hydroxyl groups is 1. The van der Waals surface area contributed by atoms with E-state index in [0.717, 1.165) is 114 Å². The fourth-order valence-corrected chi connectivity index (χ4v) is 13.5. The summed E-state index contributed by atoms with van der Waals surface area (Å²) >= 11 is 0. The number of para-hydroxylation sites is 1. The maximum Gasteiger partial charge on any atom is 0.226 e. The molecular formula is C103H78F5Ir5N13O2-6. The van der Waals surface area contributed by atoms with Crippen LogP contribution in [-0.2, 0) is 116 Å². The Kier molecular flexibility index (Phi) is 38.5. The average Bonchev–Trinajstić information content (AvgIpc) is 0.842. The van der Waals surface area contributed by atoms with Gasteiger partial charge in [0.25, 0.3) is 0 Å². The van der Waals surface area contributed by atoms with Gasteiger partial charge in [-0.2, -0.15) is 0 Å². The van der Waals surface area contributed by atoms with Crippen molar-refractivity contribution in [3.63, 3.8) is 0 Å². The second-order valence-corrected chi connectivity index (χ2v) is 29.3. The molecule has 0 fully saturated rings. The van der Waals surface area contributed by atoms with Crippen LogP contribution in [0.1, 0.15) is 77.1 Å². The van der Waals surface area contributed by atoms with Crippen LogP contribution in [0.3, 0.4) is 0 Å². The average molecular weight is 2590 g/mol. The molecule has 1 aliphatic heterocycles. The summed E-state index contributed by atoms with van der Waals surface area (Å²) in [6, 6.07) is 105. The number of aromatic nitrogens is 9. The molecular weight excluding hydrogens is 2510 g/mol. The van der Waals surface area contributed by atoms with Gasteiger partial charge in [0.15, 0.2) is 5.78 Å². The van der Waals surface area contributed by atoms with Crippen LogP contribution in [0.15, 0.2) is 361 Å². The van der Waals surface area contributed by atoms with Crippen molar-refractivity contribution in [1.82, 2.24) is 45.1 Å². The Morgan fingerprint density at radius 1 is 0.453 bits per heavy atom. The third-order valence-corrected chi connectivity index (χ3v) is 19.2. The predicted molar refractivity (Wildman–Crippen MR) is 473 cm³/mol. The maximum absolute atomic E-state index is 14.4. The number of nitrogens with zero attached hydrogens (tertiary/aromatic N) is 13. The Hall–Kier alpha value is -12.2. The van der Waals surface area contributed by atoms with Crippen molar-refractivity contribution in [2.75, 3.05) is 0 Å². The fourth-order valence-electron chi connectivity index (χ4n) is 13.5. The van der Waals surface area contributed by atoms with Crippen molar-refractivity contribution in [2.45, 2.75) is 65.5 Å². The minimum Gasteiger partial charge on any atom is -0.573 e. The van der Waals surface area contributed by atoms with Crippen molar-refractivity contribution < 1.29 is 132 Å². The second kappa shape index (κ2) is 48.7. The Bertz CT molecular complexity index is 6550. The van der Waals surface area contributed by atoms with Gasteiger partial charge in [0.2, 0.25) is 6.17 Å². The van der Waals surface area contributed by atoms with Crippen LogP contribution in [-0.4, -0.2) is 50.9 Å². The van der Waals surface area contributed by atoms with E-state index in [4.69, 9.17) is 15.1 Å². The summed E-state index contributed by atoms with van der Waals surface area (Å²) in [5.41, 5.74) is 15.3. The summed E-state index contributed by atoms with van der Waals surface area (Å²) in [7, 11) is 0. The number of hydrogen-bond donors (Lipinski definition) is 1. The molecule has 0 spiro atoms. The molecule has 5 radical (unpaired) electrons. The zero-order valence-electron chi connectivity index (χ0n) is 69.6. The largest absolute Gasteiger partial charge is 0.573 e. The van der Waals surface area contributed by atoms with E-state index in [1.54, 1.807) is 73.4 Å². The van der Waals surface area contributed by atoms with Crippen LogP contribution in [0, 0.1) is 59.4 Å². The molecule has 653 valence electrons. The van der Waals surface area contributed by atoms with E-state index in [-0.39, 0.29) is 146 Å². The SMILES string of the molecule is CC(=O)C=C(C)O.CC(C)(C)c1cc(-c2ccccn2)[n-]n1.CC1(C)c2c([c-]ccc2F)-c2nccc3cccc1c23.Fc1c[c-]c(-c2ccccn2)c(F)c1.Fc1c[c-]c(-c2ccccn2)c(F)c1.[Ir].[Ir].[Ir].[Ir].[Ir].[c-]1ccccc1-c1nc2ccccc2c2ccccc12.[c-]1ccccc1-c1ncc(-c2ccccc2)c2ccccc12.c1ccc(C2N=NN=N2)nc1. The number of allylic oxidation sites excluding steroid dienone is 2. The van der Waals surface area contributed by atoms with Crippen LogP contribution in [0.4, 0.5) is 22.0 Å². The van der Waals surface area contributed by atoms with Crippen molar-refractivity contribution >= 4 is 49.0 Å². The van der Waals surface area contributed by atoms with Gasteiger partial charge in [-0.25, -0.2) is 4.39 Å². The van der Waals surface area contributed by atoms with Crippen molar-refractivity contribution in [3.05, 3.63) is 422 Å². The molecule has 20 rings (SSSR count). The smallest absolute Gasteiger partial charge is 0.226 e. The van der Waals surface area contributed by atoms with Gasteiger partial charge in [0.1, 0.15) is 0 Å². The monoisotopic (exact) mass is 2590 g/mol. The number of carbonyl (C=O) groups is 1. The summed E-state index contributed by atoms with van der Waals surface area (Å²) < 4.78 is 66.0. The molecule has 9 heterocycles. The first-order chi connectivity index (χ1) is 59.7. The molecule has 15 nitrogen and oxygen atoms in total. The molecule has 0 saturated carbocycles. The summed E-state index contributed by atoms with van der Waals surface area (Å²) in [4.78, 5) is 40.3. The molecule has 1 aliphatic carbocycles. The fraction of sp³-hybridized carbons (Fsp3) is 0.0971. The third kappa shape index (κ3) is 26.0. The molecule has 128 heavy (non-hydrogen) atoms. The maximum atomic E-state index is 14.4. The Morgan fingerprint density at radius 2 is 0.969 bits per heavy atom. The van der Waals surface area contributed by atoms with E-state index in [9.17, 15) is 26.7 Å². The molecule has 8 aromatic heterocycles. The van der Waals surface area contributed by atoms with Crippen LogP contribution in [0.5, 0.6) is 0 Å². The number of benzene rings is 10. The van der Waals surface area contributed by atoms with Crippen molar-refractivity contribution in [2.24, 2.45) is 20.7 Å². The molecule has 0 saturated heterocycles. The first-order valence-electron chi connectivity index (χ1n) is 39.0. The van der Waals surface area contributed by atoms with Crippen LogP contribution in [0.2, 0.25) is 0 Å². The number of pyridine rings is 7. The zero-order chi connectivity index (χ0) is 86.2. The van der Waals surface area contributed by atoms with Crippen LogP contribution < -0.4 is 5.10 Å². The molecule has 0 atom stereocenters. The van der Waals surface area contributed by atoms with E-state index >= 15 is 0 Å². The van der Waals surface area contributed by atoms with Gasteiger partial charge < -0.3 is 35.2 Å². The van der Waals surface area contributed by atoms with E-state index in [1.807, 2.05) is 109 Å². The first kappa shape index (κ1) is 101. The quantitative estimate of drug-likeness (QED) is 0.0498. The van der Waals surface area contributed by atoms with Gasteiger partial charge in [-0.05, 0) is 150 Å². The van der Waals surface area contributed by atoms with Crippen molar-refractivity contribution in [1.29, 1.82) is 0 Å². The molecule has 1 N–H and O–H groups in total. The normalized spacial score (nSPS) is 11.5. The molecule has 18 aromatic rings. The predicted octanol–water partition coefficient (Wildman–Crippen LogP) is 25.7. The number of carbonyl (C=O) groups excluding carboxylic acids is 1. The van der Waals surface area contributed by atoms with Gasteiger partial charge in [-0.15, -0.1) is 130 Å². The molecule has 10 aromatic carbocycles. The number of aliphatic hydroxyl groups excluding tert-OH is 1. The van der Waals surface area contributed by atoms with E-state index in [2.05, 4.69) is 236 Å². The van der Waals surface area contributed by atoms with Gasteiger partial charge in [-0.1, -0.05) is 227 Å². The van der Waals surface area contributed by atoms with E-state index in [0.29, 0.717) is 17.0 Å². The third-order valence-electron chi connectivity index (χ3n) is 19.2. The Labute approximate surface area is 806 Å². The molecule has 0 bridgehead atoms. The second-order valence-electron chi connectivity index (χ2n) is 29.3.